The van der Waals surface area contributed by atoms with Crippen LogP contribution in [0, 0.1) is 0 Å². The molecule has 0 radical (unpaired) electrons. The Morgan fingerprint density at radius 3 is 2.15 bits per heavy atom. The SMILES string of the molecule is Cl.NC1=NC(c2ccccc2)C=C(c2ccccc2)O1. The smallest absolute Gasteiger partial charge is 0.288 e. The van der Waals surface area contributed by atoms with Crippen molar-refractivity contribution in [2.45, 2.75) is 6.04 Å². The fourth-order valence-electron chi connectivity index (χ4n) is 2.07. The average molecular weight is 287 g/mol. The Morgan fingerprint density at radius 1 is 0.900 bits per heavy atom. The van der Waals surface area contributed by atoms with Crippen LogP contribution in [0.5, 0.6) is 0 Å². The second-order valence-corrected chi connectivity index (χ2v) is 4.32. The molecule has 1 aliphatic heterocycles. The fraction of sp³-hybridized carbons (Fsp3) is 0.0625. The maximum atomic E-state index is 5.78. The highest BCUT2D eigenvalue weighted by Crippen LogP contribution is 2.28. The number of rotatable bonds is 2. The summed E-state index contributed by atoms with van der Waals surface area (Å²) >= 11 is 0. The molecule has 0 spiro atoms. The summed E-state index contributed by atoms with van der Waals surface area (Å²) in [7, 11) is 0. The number of nitrogens with zero attached hydrogens (tertiary/aromatic N) is 1. The molecule has 1 unspecified atom stereocenters. The maximum absolute atomic E-state index is 5.78. The van der Waals surface area contributed by atoms with Crippen molar-refractivity contribution in [1.29, 1.82) is 0 Å². The predicted molar refractivity (Wildman–Crippen MR) is 83.6 cm³/mol. The number of nitrogens with two attached hydrogens (primary N) is 1. The third-order valence-corrected chi connectivity index (χ3v) is 2.99. The van der Waals surface area contributed by atoms with Crippen LogP contribution in [0.2, 0.25) is 0 Å². The van der Waals surface area contributed by atoms with Crippen LogP contribution >= 0.6 is 12.4 Å². The van der Waals surface area contributed by atoms with E-state index in [2.05, 4.69) is 4.99 Å². The molecule has 102 valence electrons. The molecule has 1 heterocycles. The molecule has 0 aromatic heterocycles. The van der Waals surface area contributed by atoms with Gasteiger partial charge < -0.3 is 10.5 Å². The molecule has 2 N–H and O–H groups in total. The predicted octanol–water partition coefficient (Wildman–Crippen LogP) is 3.54. The lowest BCUT2D eigenvalue weighted by Gasteiger charge is -2.19. The molecule has 1 atom stereocenters. The van der Waals surface area contributed by atoms with E-state index in [4.69, 9.17) is 10.5 Å². The Morgan fingerprint density at radius 2 is 1.50 bits per heavy atom. The topological polar surface area (TPSA) is 47.6 Å². The number of ether oxygens (including phenoxy) is 1. The molecular formula is C16H15ClN2O. The van der Waals surface area contributed by atoms with Gasteiger partial charge in [0.15, 0.2) is 0 Å². The summed E-state index contributed by atoms with van der Waals surface area (Å²) in [5.41, 5.74) is 7.88. The van der Waals surface area contributed by atoms with Gasteiger partial charge in [-0.3, -0.25) is 0 Å². The zero-order valence-corrected chi connectivity index (χ0v) is 11.6. The standard InChI is InChI=1S/C16H14N2O.ClH/c17-16-18-14(12-7-3-1-4-8-12)11-15(19-16)13-9-5-2-6-10-13;/h1-11,14H,(H2,17,18);1H. The van der Waals surface area contributed by atoms with E-state index in [0.29, 0.717) is 0 Å². The van der Waals surface area contributed by atoms with Gasteiger partial charge in [-0.25, -0.2) is 4.99 Å². The Kier molecular flexibility index (Phi) is 4.43. The van der Waals surface area contributed by atoms with Crippen molar-refractivity contribution >= 4 is 24.2 Å². The van der Waals surface area contributed by atoms with Crippen LogP contribution in [0.3, 0.4) is 0 Å². The molecule has 0 fully saturated rings. The number of halogens is 1. The molecule has 0 bridgehead atoms. The van der Waals surface area contributed by atoms with Gasteiger partial charge in [0.2, 0.25) is 0 Å². The van der Waals surface area contributed by atoms with Crippen molar-refractivity contribution < 1.29 is 4.74 Å². The molecule has 0 saturated heterocycles. The summed E-state index contributed by atoms with van der Waals surface area (Å²) in [6.07, 6.45) is 1.99. The van der Waals surface area contributed by atoms with Crippen molar-refractivity contribution in [3.8, 4) is 0 Å². The summed E-state index contributed by atoms with van der Waals surface area (Å²) in [5, 5.41) is 0. The van der Waals surface area contributed by atoms with Crippen LogP contribution in [0.15, 0.2) is 71.7 Å². The normalized spacial score (nSPS) is 17.3. The minimum atomic E-state index is -0.0924. The van der Waals surface area contributed by atoms with Crippen LogP contribution in [0.4, 0.5) is 0 Å². The highest BCUT2D eigenvalue weighted by Gasteiger charge is 2.17. The number of aliphatic imine (C=N–C) groups is 1. The molecule has 4 heteroatoms. The second kappa shape index (κ2) is 6.26. The van der Waals surface area contributed by atoms with Gasteiger partial charge in [0.25, 0.3) is 6.02 Å². The van der Waals surface area contributed by atoms with Crippen molar-refractivity contribution in [1.82, 2.24) is 0 Å². The van der Waals surface area contributed by atoms with Crippen LogP contribution in [0.1, 0.15) is 17.2 Å². The lowest BCUT2D eigenvalue weighted by atomic mass is 10.0. The van der Waals surface area contributed by atoms with E-state index in [-0.39, 0.29) is 24.5 Å². The maximum Gasteiger partial charge on any atom is 0.288 e. The highest BCUT2D eigenvalue weighted by atomic mass is 35.5. The molecule has 2 aromatic carbocycles. The molecule has 1 aliphatic rings. The first kappa shape index (κ1) is 14.2. The van der Waals surface area contributed by atoms with Gasteiger partial charge in [-0.05, 0) is 11.6 Å². The minimum absolute atomic E-state index is 0. The van der Waals surface area contributed by atoms with Gasteiger partial charge in [0, 0.05) is 5.56 Å². The lowest BCUT2D eigenvalue weighted by Crippen LogP contribution is -2.20. The highest BCUT2D eigenvalue weighted by molar-refractivity contribution is 5.85. The Bertz CT molecular complexity index is 623. The van der Waals surface area contributed by atoms with Gasteiger partial charge in [0.05, 0.1) is 0 Å². The first-order valence-corrected chi connectivity index (χ1v) is 6.16. The van der Waals surface area contributed by atoms with Crippen molar-refractivity contribution in [2.24, 2.45) is 10.7 Å². The number of benzene rings is 2. The molecular weight excluding hydrogens is 272 g/mol. The van der Waals surface area contributed by atoms with E-state index >= 15 is 0 Å². The van der Waals surface area contributed by atoms with Crippen LogP contribution in [0.25, 0.3) is 5.76 Å². The van der Waals surface area contributed by atoms with Gasteiger partial charge in [0.1, 0.15) is 11.8 Å². The Hall–Kier alpha value is -2.26. The van der Waals surface area contributed by atoms with Crippen molar-refractivity contribution in [3.63, 3.8) is 0 Å². The quantitative estimate of drug-likeness (QED) is 0.918. The fourth-order valence-corrected chi connectivity index (χ4v) is 2.07. The van der Waals surface area contributed by atoms with E-state index in [1.807, 2.05) is 66.7 Å². The number of amidine groups is 1. The molecule has 2 aromatic rings. The lowest BCUT2D eigenvalue weighted by molar-refractivity contribution is 0.476. The minimum Gasteiger partial charge on any atom is -0.426 e. The van der Waals surface area contributed by atoms with E-state index in [9.17, 15) is 0 Å². The van der Waals surface area contributed by atoms with E-state index in [0.717, 1.165) is 16.9 Å². The van der Waals surface area contributed by atoms with E-state index in [1.165, 1.54) is 0 Å². The van der Waals surface area contributed by atoms with Crippen LogP contribution in [-0.4, -0.2) is 6.02 Å². The summed E-state index contributed by atoms with van der Waals surface area (Å²) in [4.78, 5) is 4.32. The molecule has 0 saturated carbocycles. The summed E-state index contributed by atoms with van der Waals surface area (Å²) in [6, 6.07) is 20.0. The van der Waals surface area contributed by atoms with Gasteiger partial charge in [-0.2, -0.15) is 0 Å². The molecule has 3 nitrogen and oxygen atoms in total. The molecule has 0 amide bonds. The largest absolute Gasteiger partial charge is 0.426 e. The van der Waals surface area contributed by atoms with Gasteiger partial charge in [-0.1, -0.05) is 60.7 Å². The zero-order chi connectivity index (χ0) is 13.1. The van der Waals surface area contributed by atoms with E-state index in [1.54, 1.807) is 0 Å². The molecule has 3 rings (SSSR count). The molecule has 0 aliphatic carbocycles. The summed E-state index contributed by atoms with van der Waals surface area (Å²) in [6.45, 7) is 0. The number of hydrogen-bond donors (Lipinski definition) is 1. The second-order valence-electron chi connectivity index (χ2n) is 4.32. The average Bonchev–Trinajstić information content (AvgIpc) is 2.48. The van der Waals surface area contributed by atoms with Gasteiger partial charge in [-0.15, -0.1) is 12.4 Å². The van der Waals surface area contributed by atoms with Crippen molar-refractivity contribution in [3.05, 3.63) is 77.9 Å². The Labute approximate surface area is 124 Å². The molecule has 20 heavy (non-hydrogen) atoms. The summed E-state index contributed by atoms with van der Waals surface area (Å²) < 4.78 is 5.51. The van der Waals surface area contributed by atoms with Crippen molar-refractivity contribution in [2.75, 3.05) is 0 Å². The third kappa shape index (κ3) is 3.00. The first-order valence-electron chi connectivity index (χ1n) is 6.16. The van der Waals surface area contributed by atoms with Crippen LogP contribution in [-0.2, 0) is 4.74 Å². The number of hydrogen-bond acceptors (Lipinski definition) is 3. The van der Waals surface area contributed by atoms with E-state index < -0.39 is 0 Å². The first-order chi connectivity index (χ1) is 9.33. The van der Waals surface area contributed by atoms with Crippen LogP contribution < -0.4 is 5.73 Å². The third-order valence-electron chi connectivity index (χ3n) is 2.99. The monoisotopic (exact) mass is 286 g/mol. The Balaban J connectivity index is 0.00000147. The summed E-state index contributed by atoms with van der Waals surface area (Å²) in [5.74, 6) is 0.752. The zero-order valence-electron chi connectivity index (χ0n) is 10.8. The van der Waals surface area contributed by atoms with Gasteiger partial charge >= 0.3 is 0 Å².